The Labute approximate surface area is 132 Å². The van der Waals surface area contributed by atoms with Crippen molar-refractivity contribution in [3.63, 3.8) is 0 Å². The number of carbonyl (C=O) groups is 1. The summed E-state index contributed by atoms with van der Waals surface area (Å²) in [5, 5.41) is 6.71. The zero-order valence-corrected chi connectivity index (χ0v) is 13.4. The van der Waals surface area contributed by atoms with Crippen molar-refractivity contribution in [1.82, 2.24) is 10.6 Å². The van der Waals surface area contributed by atoms with E-state index >= 15 is 0 Å². The number of ether oxygens (including phenoxy) is 1. The molecule has 1 aromatic carbocycles. The molecule has 1 aliphatic carbocycles. The smallest absolute Gasteiger partial charge is 0.230 e. The minimum atomic E-state index is -0.295. The molecular formula is C18H26N2O2. The molecule has 0 radical (unpaired) electrons. The highest BCUT2D eigenvalue weighted by molar-refractivity contribution is 5.91. The number of rotatable bonds is 5. The maximum absolute atomic E-state index is 12.6. The van der Waals surface area contributed by atoms with Gasteiger partial charge >= 0.3 is 0 Å². The zero-order valence-electron chi connectivity index (χ0n) is 13.4. The summed E-state index contributed by atoms with van der Waals surface area (Å²) in [5.74, 6) is 1.02. The second-order valence-corrected chi connectivity index (χ2v) is 6.52. The number of hydrogen-bond donors (Lipinski definition) is 2. The van der Waals surface area contributed by atoms with Crippen LogP contribution in [-0.4, -0.2) is 32.1 Å². The molecule has 1 aromatic rings. The second-order valence-electron chi connectivity index (χ2n) is 6.52. The van der Waals surface area contributed by atoms with Gasteiger partial charge in [0.1, 0.15) is 5.75 Å². The van der Waals surface area contributed by atoms with E-state index in [1.54, 1.807) is 7.11 Å². The summed E-state index contributed by atoms with van der Waals surface area (Å²) in [5.41, 5.74) is 0.816. The monoisotopic (exact) mass is 302 g/mol. The van der Waals surface area contributed by atoms with Gasteiger partial charge in [-0.15, -0.1) is 0 Å². The molecule has 0 spiro atoms. The van der Waals surface area contributed by atoms with Gasteiger partial charge in [0.2, 0.25) is 5.91 Å². The van der Waals surface area contributed by atoms with E-state index in [1.165, 1.54) is 19.3 Å². The van der Waals surface area contributed by atoms with E-state index in [1.807, 2.05) is 24.3 Å². The highest BCUT2D eigenvalue weighted by Gasteiger charge is 2.51. The van der Waals surface area contributed by atoms with Crippen molar-refractivity contribution in [3.8, 4) is 5.75 Å². The van der Waals surface area contributed by atoms with Gasteiger partial charge in [-0.1, -0.05) is 25.0 Å². The highest BCUT2D eigenvalue weighted by atomic mass is 16.5. The SMILES string of the molecule is COc1ccc(C2(C(=O)NC[C@H]3CCCCCN3)CC2)cc1. The molecule has 4 heteroatoms. The minimum absolute atomic E-state index is 0.184. The molecule has 1 saturated heterocycles. The fourth-order valence-electron chi connectivity index (χ4n) is 3.34. The number of carbonyl (C=O) groups excluding carboxylic acids is 1. The zero-order chi connectivity index (χ0) is 15.4. The van der Waals surface area contributed by atoms with Crippen molar-refractivity contribution in [2.24, 2.45) is 0 Å². The number of amides is 1. The average molecular weight is 302 g/mol. The second kappa shape index (κ2) is 6.69. The van der Waals surface area contributed by atoms with E-state index in [0.29, 0.717) is 6.04 Å². The predicted octanol–water partition coefficient (Wildman–Crippen LogP) is 2.38. The quantitative estimate of drug-likeness (QED) is 0.878. The first kappa shape index (κ1) is 15.3. The van der Waals surface area contributed by atoms with Crippen LogP contribution < -0.4 is 15.4 Å². The van der Waals surface area contributed by atoms with Crippen LogP contribution in [-0.2, 0) is 10.2 Å². The van der Waals surface area contributed by atoms with E-state index in [9.17, 15) is 4.79 Å². The Hall–Kier alpha value is -1.55. The number of benzene rings is 1. The van der Waals surface area contributed by atoms with Crippen molar-refractivity contribution < 1.29 is 9.53 Å². The summed E-state index contributed by atoms with van der Waals surface area (Å²) in [6.45, 7) is 1.82. The first-order chi connectivity index (χ1) is 10.7. The summed E-state index contributed by atoms with van der Waals surface area (Å²) >= 11 is 0. The molecule has 3 rings (SSSR count). The molecule has 1 amide bonds. The average Bonchev–Trinajstić information content (AvgIpc) is 3.38. The van der Waals surface area contributed by atoms with Crippen LogP contribution >= 0.6 is 0 Å². The Morgan fingerprint density at radius 1 is 1.27 bits per heavy atom. The largest absolute Gasteiger partial charge is 0.497 e. The molecule has 120 valence electrons. The number of nitrogens with one attached hydrogen (secondary N) is 2. The van der Waals surface area contributed by atoms with E-state index < -0.39 is 0 Å². The van der Waals surface area contributed by atoms with Crippen LogP contribution in [0.2, 0.25) is 0 Å². The molecule has 0 unspecified atom stereocenters. The first-order valence-corrected chi connectivity index (χ1v) is 8.41. The third kappa shape index (κ3) is 3.27. The lowest BCUT2D eigenvalue weighted by molar-refractivity contribution is -0.123. The maximum atomic E-state index is 12.6. The summed E-state index contributed by atoms with van der Waals surface area (Å²) < 4.78 is 5.19. The molecule has 4 nitrogen and oxygen atoms in total. The third-order valence-corrected chi connectivity index (χ3v) is 5.00. The lowest BCUT2D eigenvalue weighted by Gasteiger charge is -2.20. The van der Waals surface area contributed by atoms with Crippen LogP contribution in [0.25, 0.3) is 0 Å². The van der Waals surface area contributed by atoms with Gasteiger partial charge in [0.15, 0.2) is 0 Å². The Morgan fingerprint density at radius 2 is 2.05 bits per heavy atom. The molecule has 0 aromatic heterocycles. The van der Waals surface area contributed by atoms with Gasteiger partial charge in [-0.25, -0.2) is 0 Å². The first-order valence-electron chi connectivity index (χ1n) is 8.41. The predicted molar refractivity (Wildman–Crippen MR) is 87.2 cm³/mol. The normalized spacial score (nSPS) is 23.4. The van der Waals surface area contributed by atoms with Crippen LogP contribution in [0, 0.1) is 0 Å². The van der Waals surface area contributed by atoms with Gasteiger partial charge in [0, 0.05) is 12.6 Å². The van der Waals surface area contributed by atoms with E-state index in [-0.39, 0.29) is 11.3 Å². The van der Waals surface area contributed by atoms with Gasteiger partial charge in [0.25, 0.3) is 0 Å². The molecule has 1 heterocycles. The third-order valence-electron chi connectivity index (χ3n) is 5.00. The summed E-state index contributed by atoms with van der Waals surface area (Å²) in [4.78, 5) is 12.6. The van der Waals surface area contributed by atoms with Gasteiger partial charge in [-0.3, -0.25) is 4.79 Å². The van der Waals surface area contributed by atoms with Crippen LogP contribution in [0.3, 0.4) is 0 Å². The Bertz CT molecular complexity index is 500. The van der Waals surface area contributed by atoms with Crippen LogP contribution in [0.15, 0.2) is 24.3 Å². The van der Waals surface area contributed by atoms with Gasteiger partial charge < -0.3 is 15.4 Å². The summed E-state index contributed by atoms with van der Waals surface area (Å²) in [7, 11) is 1.66. The van der Waals surface area contributed by atoms with Crippen molar-refractivity contribution in [1.29, 1.82) is 0 Å². The van der Waals surface area contributed by atoms with Crippen LogP contribution in [0.5, 0.6) is 5.75 Å². The molecule has 2 N–H and O–H groups in total. The molecule has 2 aliphatic rings. The molecule has 2 fully saturated rings. The summed E-state index contributed by atoms with van der Waals surface area (Å²) in [6.07, 6.45) is 6.87. The Balaban J connectivity index is 1.58. The molecule has 1 aliphatic heterocycles. The van der Waals surface area contributed by atoms with Crippen molar-refractivity contribution in [3.05, 3.63) is 29.8 Å². The fraction of sp³-hybridized carbons (Fsp3) is 0.611. The molecule has 1 atom stereocenters. The molecule has 1 saturated carbocycles. The Morgan fingerprint density at radius 3 is 2.73 bits per heavy atom. The van der Waals surface area contributed by atoms with Gasteiger partial charge in [-0.2, -0.15) is 0 Å². The van der Waals surface area contributed by atoms with Crippen LogP contribution in [0.1, 0.15) is 44.1 Å². The maximum Gasteiger partial charge on any atom is 0.230 e. The van der Waals surface area contributed by atoms with E-state index in [0.717, 1.165) is 43.7 Å². The van der Waals surface area contributed by atoms with Crippen LogP contribution in [0.4, 0.5) is 0 Å². The Kier molecular flexibility index (Phi) is 4.67. The standard InChI is InChI=1S/C18H26N2O2/c1-22-16-8-6-14(7-9-16)18(10-11-18)17(21)20-13-15-5-3-2-4-12-19-15/h6-9,15,19H,2-5,10-13H2,1H3,(H,20,21)/t15-/m1/s1. The summed E-state index contributed by atoms with van der Waals surface area (Å²) in [6, 6.07) is 8.36. The van der Waals surface area contributed by atoms with Gasteiger partial charge in [-0.05, 0) is 49.9 Å². The van der Waals surface area contributed by atoms with Crippen molar-refractivity contribution in [2.75, 3.05) is 20.2 Å². The highest BCUT2D eigenvalue weighted by Crippen LogP contribution is 2.48. The number of hydrogen-bond acceptors (Lipinski definition) is 3. The molecule has 0 bridgehead atoms. The lowest BCUT2D eigenvalue weighted by Crippen LogP contribution is -2.44. The van der Waals surface area contributed by atoms with Crippen molar-refractivity contribution >= 4 is 5.91 Å². The molecule has 22 heavy (non-hydrogen) atoms. The van der Waals surface area contributed by atoms with E-state index in [2.05, 4.69) is 10.6 Å². The minimum Gasteiger partial charge on any atom is -0.497 e. The lowest BCUT2D eigenvalue weighted by atomic mass is 9.94. The van der Waals surface area contributed by atoms with Crippen molar-refractivity contribution in [2.45, 2.75) is 50.0 Å². The fourth-order valence-corrected chi connectivity index (χ4v) is 3.34. The van der Waals surface area contributed by atoms with E-state index in [4.69, 9.17) is 4.74 Å². The number of methoxy groups -OCH3 is 1. The van der Waals surface area contributed by atoms with Gasteiger partial charge in [0.05, 0.1) is 12.5 Å². The topological polar surface area (TPSA) is 50.4 Å². The molecular weight excluding hydrogens is 276 g/mol.